The molecular formula is C49H66N4O12. The second-order valence-electron chi connectivity index (χ2n) is 18.5. The number of cyclic esters (lactones) is 1. The minimum atomic E-state index is -1.50. The summed E-state index contributed by atoms with van der Waals surface area (Å²) in [6.45, 7) is 14.3. The Balaban J connectivity index is 1.48. The molecule has 0 bridgehead atoms. The maximum absolute atomic E-state index is 14.6. The third kappa shape index (κ3) is 11.2. The summed E-state index contributed by atoms with van der Waals surface area (Å²) in [6.07, 6.45) is -0.177. The van der Waals surface area contributed by atoms with Crippen molar-refractivity contribution in [3.8, 4) is 0 Å². The molecule has 0 aliphatic carbocycles. The van der Waals surface area contributed by atoms with Gasteiger partial charge in [0.1, 0.15) is 18.3 Å². The van der Waals surface area contributed by atoms with E-state index in [1.807, 2.05) is 82.3 Å². The Morgan fingerprint density at radius 2 is 1.75 bits per heavy atom. The monoisotopic (exact) mass is 902 g/mol. The second kappa shape index (κ2) is 21.1. The van der Waals surface area contributed by atoms with Crippen LogP contribution >= 0.6 is 0 Å². The number of aromatic nitrogens is 2. The molecule has 1 aromatic carbocycles. The van der Waals surface area contributed by atoms with E-state index in [0.29, 0.717) is 12.1 Å². The Kier molecular flexibility index (Phi) is 16.0. The zero-order valence-corrected chi connectivity index (χ0v) is 39.2. The maximum Gasteiger partial charge on any atom is 0.509 e. The van der Waals surface area contributed by atoms with E-state index in [4.69, 9.17) is 33.2 Å². The number of para-hydroxylation sites is 1. The molecule has 16 nitrogen and oxygen atoms in total. The van der Waals surface area contributed by atoms with Gasteiger partial charge in [0.25, 0.3) is 0 Å². The maximum atomic E-state index is 14.6. The van der Waals surface area contributed by atoms with Crippen molar-refractivity contribution >= 4 is 40.8 Å². The summed E-state index contributed by atoms with van der Waals surface area (Å²) in [4.78, 5) is 52.4. The van der Waals surface area contributed by atoms with Crippen LogP contribution in [0.5, 0.6) is 0 Å². The minimum absolute atomic E-state index is 0.0423. The second-order valence-corrected chi connectivity index (χ2v) is 18.5. The summed E-state index contributed by atoms with van der Waals surface area (Å²) < 4.78 is 44.6. The van der Waals surface area contributed by atoms with Gasteiger partial charge in [-0.15, -0.1) is 0 Å². The van der Waals surface area contributed by atoms with Gasteiger partial charge in [0.05, 0.1) is 53.7 Å². The number of oxime groups is 1. The third-order valence-corrected chi connectivity index (χ3v) is 13.4. The summed E-state index contributed by atoms with van der Waals surface area (Å²) >= 11 is 0. The van der Waals surface area contributed by atoms with E-state index in [0.717, 1.165) is 16.5 Å². The molecule has 3 fully saturated rings. The van der Waals surface area contributed by atoms with Gasteiger partial charge in [-0.25, -0.2) is 4.79 Å². The number of likely N-dealkylation sites (N-methyl/N-ethyl adjacent to an activating group) is 1. The van der Waals surface area contributed by atoms with Crippen LogP contribution in [-0.4, -0.2) is 130 Å². The number of pyridine rings is 2. The number of carbonyl (C=O) groups is 3. The van der Waals surface area contributed by atoms with Gasteiger partial charge in [-0.05, 0) is 90.9 Å². The molecule has 16 heteroatoms. The van der Waals surface area contributed by atoms with Crippen LogP contribution in [0.25, 0.3) is 17.0 Å². The van der Waals surface area contributed by atoms with Crippen LogP contribution in [0.3, 0.4) is 0 Å². The number of ether oxygens (including phenoxy) is 7. The predicted molar refractivity (Wildman–Crippen MR) is 241 cm³/mol. The lowest BCUT2D eigenvalue weighted by Gasteiger charge is -2.48. The van der Waals surface area contributed by atoms with E-state index in [1.54, 1.807) is 65.2 Å². The van der Waals surface area contributed by atoms with Crippen LogP contribution in [0.2, 0.25) is 0 Å². The number of carbonyl (C=O) groups excluding carboxylic acids is 3. The molecule has 354 valence electrons. The molecule has 0 unspecified atom stereocenters. The van der Waals surface area contributed by atoms with Gasteiger partial charge in [-0.3, -0.25) is 19.6 Å². The van der Waals surface area contributed by atoms with Crippen LogP contribution in [0.1, 0.15) is 85.9 Å². The number of rotatable bonds is 11. The highest BCUT2D eigenvalue weighted by Gasteiger charge is 2.59. The lowest BCUT2D eigenvalue weighted by Crippen LogP contribution is -2.60. The van der Waals surface area contributed by atoms with Gasteiger partial charge in [0.15, 0.2) is 18.0 Å². The summed E-state index contributed by atoms with van der Waals surface area (Å²) in [5.41, 5.74) is -0.446. The molecule has 5 heterocycles. The van der Waals surface area contributed by atoms with E-state index >= 15 is 0 Å². The standard InChI is InChI=1S/C49H66N4O12/c1-11-38-49(8)44(64-47(57)65-49)30(4)40(52-58)28(2)26-48(7,59-22-16-17-33-24-34-18-12-13-20-36(34)51-27-33)43(63-46-41(55)37(53(9)10)23-29(3)60-46)31(5)42(32(6)45(56)61-38)62-39(54)25-35-19-14-15-21-50-35/h12-21,24,27-32,37-38,41-44,46,55,58H,11,22-23,25-26H2,1-10H3/b17-16+,52-40+/t28-,29-,30+,31+,32-,37+,38-,41-,42-,43-,44-,46+,48+,49-/m1/s1. The average molecular weight is 903 g/mol. The lowest BCUT2D eigenvalue weighted by molar-refractivity contribution is -0.303. The fraction of sp³-hybridized carbons (Fsp3) is 0.592. The third-order valence-electron chi connectivity index (χ3n) is 13.4. The van der Waals surface area contributed by atoms with Crippen molar-refractivity contribution in [2.75, 3.05) is 20.7 Å². The van der Waals surface area contributed by atoms with Crippen molar-refractivity contribution in [1.82, 2.24) is 14.9 Å². The smallest absolute Gasteiger partial charge is 0.461 e. The van der Waals surface area contributed by atoms with E-state index in [9.17, 15) is 24.7 Å². The zero-order valence-electron chi connectivity index (χ0n) is 39.2. The van der Waals surface area contributed by atoms with Gasteiger partial charge in [-0.1, -0.05) is 69.3 Å². The topological polar surface area (TPSA) is 198 Å². The highest BCUT2D eigenvalue weighted by atomic mass is 16.8. The molecule has 2 N–H and O–H groups in total. The molecule has 0 spiro atoms. The number of aliphatic hydroxyl groups is 1. The van der Waals surface area contributed by atoms with Crippen molar-refractivity contribution in [2.45, 2.75) is 141 Å². The van der Waals surface area contributed by atoms with E-state index in [-0.39, 0.29) is 43.7 Å². The first-order valence-electron chi connectivity index (χ1n) is 22.6. The number of nitrogens with zero attached hydrogens (tertiary/aromatic N) is 4. The van der Waals surface area contributed by atoms with Crippen molar-refractivity contribution in [3.63, 3.8) is 0 Å². The first-order chi connectivity index (χ1) is 30.9. The average Bonchev–Trinajstić information content (AvgIpc) is 3.59. The summed E-state index contributed by atoms with van der Waals surface area (Å²) in [6, 6.07) is 14.7. The summed E-state index contributed by atoms with van der Waals surface area (Å²) in [7, 11) is 3.75. The van der Waals surface area contributed by atoms with Gasteiger partial charge < -0.3 is 48.4 Å². The fourth-order valence-electron chi connectivity index (χ4n) is 9.99. The Morgan fingerprint density at radius 3 is 2.45 bits per heavy atom. The zero-order chi connectivity index (χ0) is 47.2. The highest BCUT2D eigenvalue weighted by Crippen LogP contribution is 2.43. The van der Waals surface area contributed by atoms with E-state index in [2.05, 4.69) is 15.1 Å². The van der Waals surface area contributed by atoms with Gasteiger partial charge in [-0.2, -0.15) is 0 Å². The largest absolute Gasteiger partial charge is 0.509 e. The first-order valence-corrected chi connectivity index (χ1v) is 22.6. The number of fused-ring (bicyclic) bond motifs is 2. The van der Waals surface area contributed by atoms with Crippen molar-refractivity contribution in [1.29, 1.82) is 0 Å². The van der Waals surface area contributed by atoms with Crippen LogP contribution in [0, 0.1) is 23.7 Å². The Hall–Kier alpha value is -5.00. The van der Waals surface area contributed by atoms with E-state index < -0.39 is 89.8 Å². The van der Waals surface area contributed by atoms with Gasteiger partial charge in [0, 0.05) is 41.6 Å². The number of aliphatic hydroxyl groups excluding tert-OH is 1. The molecule has 0 radical (unpaired) electrons. The molecule has 0 amide bonds. The number of hydrogen-bond donors (Lipinski definition) is 2. The van der Waals surface area contributed by atoms with Gasteiger partial charge >= 0.3 is 18.1 Å². The van der Waals surface area contributed by atoms with Crippen LogP contribution in [0.4, 0.5) is 4.79 Å². The SMILES string of the molecule is CC[C@H]1OC(=O)[C@H](C)[C@H](OC(=O)Cc2ccccn2)[C@H](C)[C@@H](O[C@@H]2O[C@H](C)C[C@H](N(C)C)[C@H]2O)[C@@](C)(OC/C=C/c2cnc3ccccc3c2)C[C@@H](C)/C(=N\O)[C@H](C)[C@H]2OC(=O)O[C@@]21C. The quantitative estimate of drug-likeness (QED) is 0.0884. The number of esters is 2. The molecule has 14 atom stereocenters. The van der Waals surface area contributed by atoms with Crippen LogP contribution < -0.4 is 0 Å². The normalized spacial score (nSPS) is 35.6. The molecule has 3 saturated heterocycles. The molecule has 0 saturated carbocycles. The minimum Gasteiger partial charge on any atom is -0.461 e. The Labute approximate surface area is 381 Å². The Morgan fingerprint density at radius 1 is 1.02 bits per heavy atom. The highest BCUT2D eigenvalue weighted by molar-refractivity contribution is 5.89. The molecular weight excluding hydrogens is 837 g/mol. The Bertz CT molecular complexity index is 2170. The lowest BCUT2D eigenvalue weighted by atomic mass is 9.73. The van der Waals surface area contributed by atoms with Crippen molar-refractivity contribution < 1.29 is 57.9 Å². The first kappa shape index (κ1) is 49.4. The molecule has 3 aromatic rings. The molecule has 6 rings (SSSR count). The predicted octanol–water partition coefficient (Wildman–Crippen LogP) is 6.78. The van der Waals surface area contributed by atoms with Crippen LogP contribution in [0.15, 0.2) is 72.2 Å². The van der Waals surface area contributed by atoms with Crippen molar-refractivity contribution in [2.24, 2.45) is 28.8 Å². The number of benzene rings is 1. The molecule has 2 aromatic heterocycles. The molecule has 3 aliphatic heterocycles. The number of hydrogen-bond acceptors (Lipinski definition) is 16. The molecule has 3 aliphatic rings. The van der Waals surface area contributed by atoms with Crippen molar-refractivity contribution in [3.05, 3.63) is 78.3 Å². The fourth-order valence-corrected chi connectivity index (χ4v) is 9.99. The summed E-state index contributed by atoms with van der Waals surface area (Å²) in [5, 5.41) is 27.5. The molecule has 65 heavy (non-hydrogen) atoms. The summed E-state index contributed by atoms with van der Waals surface area (Å²) in [5.74, 6) is -4.71. The van der Waals surface area contributed by atoms with Gasteiger partial charge in [0.2, 0.25) is 0 Å². The van der Waals surface area contributed by atoms with E-state index in [1.165, 1.54) is 0 Å². The van der Waals surface area contributed by atoms with Crippen LogP contribution in [-0.2, 0) is 49.2 Å².